The topological polar surface area (TPSA) is 29.1 Å². The van der Waals surface area contributed by atoms with E-state index in [4.69, 9.17) is 0 Å². The fraction of sp³-hybridized carbons (Fsp3) is 0. The predicted molar refractivity (Wildman–Crippen MR) is 99.0 cm³/mol. The summed E-state index contributed by atoms with van der Waals surface area (Å²) in [6.07, 6.45) is 0. The molecule has 0 unspecified atom stereocenters. The van der Waals surface area contributed by atoms with E-state index in [0.717, 1.165) is 20.4 Å². The smallest absolute Gasteiger partial charge is 0.255 e. The van der Waals surface area contributed by atoms with E-state index in [1.54, 1.807) is 0 Å². The van der Waals surface area contributed by atoms with E-state index in [9.17, 15) is 4.79 Å². The molecule has 3 rings (SSSR count). The van der Waals surface area contributed by atoms with Gasteiger partial charge in [-0.3, -0.25) is 4.79 Å². The molecule has 3 heteroatoms. The summed E-state index contributed by atoms with van der Waals surface area (Å²) >= 11 is 2.22. The van der Waals surface area contributed by atoms with Gasteiger partial charge >= 0.3 is 0 Å². The lowest BCUT2D eigenvalue weighted by atomic mass is 10.0. The molecule has 3 aromatic carbocycles. The van der Waals surface area contributed by atoms with Crippen LogP contribution in [0.25, 0.3) is 11.1 Å². The second-order valence-electron chi connectivity index (χ2n) is 4.87. The number of nitrogens with one attached hydrogen (secondary N) is 1. The average Bonchev–Trinajstić information content (AvgIpc) is 2.57. The first-order valence-electron chi connectivity index (χ1n) is 6.95. The molecule has 0 atom stereocenters. The van der Waals surface area contributed by atoms with E-state index >= 15 is 0 Å². The Hall–Kier alpha value is -2.14. The number of hydrogen-bond acceptors (Lipinski definition) is 1. The predicted octanol–water partition coefficient (Wildman–Crippen LogP) is 5.21. The molecule has 0 aliphatic rings. The Morgan fingerprint density at radius 1 is 0.773 bits per heavy atom. The van der Waals surface area contributed by atoms with Gasteiger partial charge in [0.1, 0.15) is 0 Å². The summed E-state index contributed by atoms with van der Waals surface area (Å²) in [5.41, 5.74) is 3.57. The van der Waals surface area contributed by atoms with Gasteiger partial charge in [0.05, 0.1) is 0 Å². The van der Waals surface area contributed by atoms with Gasteiger partial charge < -0.3 is 5.32 Å². The SMILES string of the molecule is O=C(Nc1ccccc1-c1ccccc1)c1ccc(I)cc1. The first-order valence-corrected chi connectivity index (χ1v) is 8.03. The van der Waals surface area contributed by atoms with Crippen LogP contribution in [-0.2, 0) is 0 Å². The summed E-state index contributed by atoms with van der Waals surface area (Å²) < 4.78 is 1.11. The van der Waals surface area contributed by atoms with Gasteiger partial charge in [-0.25, -0.2) is 0 Å². The zero-order chi connectivity index (χ0) is 15.4. The molecule has 0 saturated carbocycles. The molecule has 0 bridgehead atoms. The van der Waals surface area contributed by atoms with E-state index < -0.39 is 0 Å². The molecule has 0 aromatic heterocycles. The van der Waals surface area contributed by atoms with Crippen molar-refractivity contribution in [2.45, 2.75) is 0 Å². The first kappa shape index (κ1) is 14.8. The molecule has 1 amide bonds. The number of rotatable bonds is 3. The largest absolute Gasteiger partial charge is 0.321 e. The second-order valence-corrected chi connectivity index (χ2v) is 6.12. The van der Waals surface area contributed by atoms with E-state index in [2.05, 4.69) is 27.9 Å². The number of halogens is 1. The van der Waals surface area contributed by atoms with Crippen molar-refractivity contribution in [2.75, 3.05) is 5.32 Å². The van der Waals surface area contributed by atoms with Gasteiger partial charge in [-0.2, -0.15) is 0 Å². The highest BCUT2D eigenvalue weighted by atomic mass is 127. The van der Waals surface area contributed by atoms with E-state index in [1.807, 2.05) is 78.9 Å². The van der Waals surface area contributed by atoms with Gasteiger partial charge in [0.15, 0.2) is 0 Å². The van der Waals surface area contributed by atoms with E-state index in [1.165, 1.54) is 0 Å². The van der Waals surface area contributed by atoms with Crippen molar-refractivity contribution < 1.29 is 4.79 Å². The third-order valence-electron chi connectivity index (χ3n) is 3.37. The average molecular weight is 399 g/mol. The highest BCUT2D eigenvalue weighted by Crippen LogP contribution is 2.27. The fourth-order valence-electron chi connectivity index (χ4n) is 2.26. The molecule has 0 aliphatic heterocycles. The zero-order valence-electron chi connectivity index (χ0n) is 11.8. The third-order valence-corrected chi connectivity index (χ3v) is 4.09. The zero-order valence-corrected chi connectivity index (χ0v) is 13.9. The minimum absolute atomic E-state index is 0.0974. The lowest BCUT2D eigenvalue weighted by molar-refractivity contribution is 0.102. The highest BCUT2D eigenvalue weighted by molar-refractivity contribution is 14.1. The Bertz CT molecular complexity index is 782. The highest BCUT2D eigenvalue weighted by Gasteiger charge is 2.09. The molecule has 0 spiro atoms. The van der Waals surface area contributed by atoms with Crippen LogP contribution in [0.3, 0.4) is 0 Å². The number of benzene rings is 3. The van der Waals surface area contributed by atoms with Crippen molar-refractivity contribution in [1.29, 1.82) is 0 Å². The number of carbonyl (C=O) groups is 1. The van der Waals surface area contributed by atoms with Crippen LogP contribution in [0.4, 0.5) is 5.69 Å². The van der Waals surface area contributed by atoms with Crippen molar-refractivity contribution in [1.82, 2.24) is 0 Å². The van der Waals surface area contributed by atoms with Crippen LogP contribution in [0.2, 0.25) is 0 Å². The van der Waals surface area contributed by atoms with Crippen molar-refractivity contribution in [3.8, 4) is 11.1 Å². The molecule has 2 nitrogen and oxygen atoms in total. The Labute approximate surface area is 143 Å². The monoisotopic (exact) mass is 399 g/mol. The molecule has 0 heterocycles. The van der Waals surface area contributed by atoms with Crippen LogP contribution in [0, 0.1) is 3.57 Å². The maximum absolute atomic E-state index is 12.4. The van der Waals surface area contributed by atoms with Crippen LogP contribution in [0.1, 0.15) is 10.4 Å². The number of carbonyl (C=O) groups excluding carboxylic acids is 1. The molecule has 22 heavy (non-hydrogen) atoms. The summed E-state index contributed by atoms with van der Waals surface area (Å²) in [6, 6.07) is 25.4. The van der Waals surface area contributed by atoms with Crippen molar-refractivity contribution in [2.24, 2.45) is 0 Å². The Morgan fingerprint density at radius 2 is 1.41 bits per heavy atom. The fourth-order valence-corrected chi connectivity index (χ4v) is 2.62. The Balaban J connectivity index is 1.90. The summed E-state index contributed by atoms with van der Waals surface area (Å²) in [5, 5.41) is 3.00. The molecule has 108 valence electrons. The Morgan fingerprint density at radius 3 is 2.14 bits per heavy atom. The molecule has 0 saturated heterocycles. The van der Waals surface area contributed by atoms with Crippen molar-refractivity contribution in [3.05, 3.63) is 88.0 Å². The van der Waals surface area contributed by atoms with Gasteiger partial charge in [0, 0.05) is 20.4 Å². The number of hydrogen-bond donors (Lipinski definition) is 1. The quantitative estimate of drug-likeness (QED) is 0.602. The van der Waals surface area contributed by atoms with Crippen LogP contribution >= 0.6 is 22.6 Å². The van der Waals surface area contributed by atoms with Crippen molar-refractivity contribution in [3.63, 3.8) is 0 Å². The molecular formula is C19H14INO. The summed E-state index contributed by atoms with van der Waals surface area (Å²) in [7, 11) is 0. The molecule has 0 aliphatic carbocycles. The van der Waals surface area contributed by atoms with Crippen LogP contribution in [0.5, 0.6) is 0 Å². The summed E-state index contributed by atoms with van der Waals surface area (Å²) in [4.78, 5) is 12.4. The summed E-state index contributed by atoms with van der Waals surface area (Å²) in [5.74, 6) is -0.0974. The van der Waals surface area contributed by atoms with Crippen LogP contribution < -0.4 is 5.32 Å². The van der Waals surface area contributed by atoms with Gasteiger partial charge in [-0.1, -0.05) is 48.5 Å². The minimum atomic E-state index is -0.0974. The van der Waals surface area contributed by atoms with E-state index in [0.29, 0.717) is 5.56 Å². The molecule has 3 aromatic rings. The number of para-hydroxylation sites is 1. The maximum atomic E-state index is 12.4. The third kappa shape index (κ3) is 3.36. The lowest BCUT2D eigenvalue weighted by Gasteiger charge is -2.11. The second kappa shape index (κ2) is 6.75. The molecule has 0 radical (unpaired) electrons. The van der Waals surface area contributed by atoms with Crippen molar-refractivity contribution >= 4 is 34.2 Å². The molecule has 1 N–H and O–H groups in total. The minimum Gasteiger partial charge on any atom is -0.321 e. The lowest BCUT2D eigenvalue weighted by Crippen LogP contribution is -2.12. The standard InChI is InChI=1S/C19H14INO/c20-16-12-10-15(11-13-16)19(22)21-18-9-5-4-8-17(18)14-6-2-1-3-7-14/h1-13H,(H,21,22). The molecule has 0 fully saturated rings. The normalized spacial score (nSPS) is 10.2. The van der Waals surface area contributed by atoms with Gasteiger partial charge in [-0.05, 0) is 58.5 Å². The van der Waals surface area contributed by atoms with Gasteiger partial charge in [-0.15, -0.1) is 0 Å². The Kier molecular flexibility index (Phi) is 4.53. The maximum Gasteiger partial charge on any atom is 0.255 e. The van der Waals surface area contributed by atoms with Crippen LogP contribution in [0.15, 0.2) is 78.9 Å². The summed E-state index contributed by atoms with van der Waals surface area (Å²) in [6.45, 7) is 0. The molecular weight excluding hydrogens is 385 g/mol. The number of amides is 1. The van der Waals surface area contributed by atoms with Gasteiger partial charge in [0.25, 0.3) is 5.91 Å². The van der Waals surface area contributed by atoms with Crippen LogP contribution in [-0.4, -0.2) is 5.91 Å². The van der Waals surface area contributed by atoms with E-state index in [-0.39, 0.29) is 5.91 Å². The first-order chi connectivity index (χ1) is 10.7. The number of anilines is 1. The van der Waals surface area contributed by atoms with Gasteiger partial charge in [0.2, 0.25) is 0 Å².